The molecule has 0 aliphatic carbocycles. The van der Waals surface area contributed by atoms with Gasteiger partial charge in [0.25, 0.3) is 0 Å². The van der Waals surface area contributed by atoms with Crippen molar-refractivity contribution in [3.63, 3.8) is 0 Å². The van der Waals surface area contributed by atoms with Crippen molar-refractivity contribution in [2.24, 2.45) is 0 Å². The summed E-state index contributed by atoms with van der Waals surface area (Å²) in [4.78, 5) is 0. The van der Waals surface area contributed by atoms with E-state index in [1.54, 1.807) is 0 Å². The third-order valence-electron chi connectivity index (χ3n) is 5.39. The number of benzene rings is 2. The zero-order valence-corrected chi connectivity index (χ0v) is 38.7. The molecule has 0 saturated carbocycles. The van der Waals surface area contributed by atoms with Crippen molar-refractivity contribution < 1.29 is 43.7 Å². The molecule has 9 nitrogen and oxygen atoms in total. The first-order valence-corrected chi connectivity index (χ1v) is 20.7. The summed E-state index contributed by atoms with van der Waals surface area (Å²) in [5.41, 5.74) is 2.24. The lowest BCUT2D eigenvalue weighted by molar-refractivity contribution is -0.145. The Morgan fingerprint density at radius 1 is 0.792 bits per heavy atom. The van der Waals surface area contributed by atoms with E-state index in [4.69, 9.17) is 43.7 Å². The molecule has 0 amide bonds. The van der Waals surface area contributed by atoms with Gasteiger partial charge in [0.1, 0.15) is 17.7 Å². The van der Waals surface area contributed by atoms with Gasteiger partial charge in [-0.3, -0.25) is 0 Å². The van der Waals surface area contributed by atoms with Gasteiger partial charge in [-0.15, -0.1) is 0 Å². The Morgan fingerprint density at radius 3 is 1.48 bits per heavy atom. The fraction of sp³-hybridized carbons (Fsp3) is 0.647. The zero-order valence-electron chi connectivity index (χ0n) is 27.9. The van der Waals surface area contributed by atoms with Gasteiger partial charge in [-0.05, 0) is 52.7 Å². The number of aliphatic hydroxyl groups excluding tert-OH is 3. The molecule has 2 fully saturated rings. The SMILES string of the molecule is C.CC(I)(I)I.CC(I)I.CC1(C)OCC(CO)O1.CC1(C)OCC(COCc2ccccc2)O1.OCC(O)COCc1ccccc1. The van der Waals surface area contributed by atoms with Crippen molar-refractivity contribution in [3.8, 4) is 0 Å². The highest BCUT2D eigenvalue weighted by molar-refractivity contribution is 14.3. The molecular weight excluding hydrogens is 1190 g/mol. The molecule has 3 atom stereocenters. The highest BCUT2D eigenvalue weighted by Gasteiger charge is 2.33. The predicted molar refractivity (Wildman–Crippen MR) is 237 cm³/mol. The van der Waals surface area contributed by atoms with Gasteiger partial charge in [-0.25, -0.2) is 0 Å². The van der Waals surface area contributed by atoms with E-state index in [-0.39, 0.29) is 39.5 Å². The molecule has 2 aliphatic rings. The summed E-state index contributed by atoms with van der Waals surface area (Å²) in [5, 5.41) is 26.1. The minimum atomic E-state index is -0.774. The van der Waals surface area contributed by atoms with Crippen LogP contribution in [0.2, 0.25) is 0 Å². The Bertz CT molecular complexity index is 1000. The fourth-order valence-electron chi connectivity index (χ4n) is 3.52. The van der Waals surface area contributed by atoms with E-state index in [2.05, 4.69) is 139 Å². The Labute approximate surface area is 357 Å². The number of hydrogen-bond donors (Lipinski definition) is 3. The van der Waals surface area contributed by atoms with E-state index in [9.17, 15) is 0 Å². The first-order chi connectivity index (χ1) is 21.9. The maximum absolute atomic E-state index is 8.96. The number of rotatable bonds is 10. The average Bonchev–Trinajstić information content (AvgIpc) is 3.53. The summed E-state index contributed by atoms with van der Waals surface area (Å²) in [5.74, 6) is -0.950. The van der Waals surface area contributed by atoms with Gasteiger partial charge in [0.2, 0.25) is 0 Å². The summed E-state index contributed by atoms with van der Waals surface area (Å²) in [6, 6.07) is 19.8. The normalized spacial score (nSPS) is 19.5. The zero-order chi connectivity index (χ0) is 35.9. The highest BCUT2D eigenvalue weighted by atomic mass is 127. The quantitative estimate of drug-likeness (QED) is 0.159. The van der Waals surface area contributed by atoms with E-state index in [1.165, 1.54) is 5.56 Å². The van der Waals surface area contributed by atoms with Gasteiger partial charge in [0, 0.05) is 0 Å². The van der Waals surface area contributed by atoms with Gasteiger partial charge in [0.15, 0.2) is 11.6 Å². The van der Waals surface area contributed by atoms with Crippen molar-refractivity contribution in [1.82, 2.24) is 0 Å². The van der Waals surface area contributed by atoms with Crippen LogP contribution < -0.4 is 0 Å². The summed E-state index contributed by atoms with van der Waals surface area (Å²) in [6.07, 6.45) is -0.845. The lowest BCUT2D eigenvalue weighted by Gasteiger charge is -2.17. The first kappa shape index (κ1) is 51.8. The van der Waals surface area contributed by atoms with Gasteiger partial charge < -0.3 is 43.7 Å². The van der Waals surface area contributed by atoms with Crippen LogP contribution >= 0.6 is 113 Å². The molecule has 14 heteroatoms. The van der Waals surface area contributed by atoms with Crippen LogP contribution in [0.25, 0.3) is 0 Å². The molecule has 280 valence electrons. The summed E-state index contributed by atoms with van der Waals surface area (Å²) >= 11 is 11.7. The molecule has 3 unspecified atom stereocenters. The van der Waals surface area contributed by atoms with Crippen molar-refractivity contribution in [2.75, 3.05) is 39.6 Å². The number of halogens is 5. The van der Waals surface area contributed by atoms with E-state index in [1.807, 2.05) is 76.2 Å². The second kappa shape index (κ2) is 29.1. The number of alkyl halides is 5. The van der Waals surface area contributed by atoms with Crippen molar-refractivity contribution in [2.45, 2.75) is 93.4 Å². The molecule has 2 saturated heterocycles. The molecule has 2 aliphatic heterocycles. The molecule has 0 bridgehead atoms. The lowest BCUT2D eigenvalue weighted by Crippen LogP contribution is -2.23. The van der Waals surface area contributed by atoms with E-state index in [0.717, 1.165) is 7.49 Å². The molecule has 48 heavy (non-hydrogen) atoms. The van der Waals surface area contributed by atoms with Gasteiger partial charge >= 0.3 is 0 Å². The molecule has 2 heterocycles. The largest absolute Gasteiger partial charge is 0.394 e. The number of aliphatic hydroxyl groups is 3. The van der Waals surface area contributed by atoms with Crippen LogP contribution in [-0.4, -0.2) is 86.2 Å². The standard InChI is InChI=1S/C13H18O3.C10H14O3.C6H12O3.C2H3I3.C2H4I2.CH4/c1-13(2)15-10-12(16-13)9-14-8-11-6-4-3-5-7-11;11-6-10(12)8-13-7-9-4-2-1-3-5-9;1-6(2)8-4-5(3-7)9-6;1-2(3,4)5;1-2(3)4;/h3-7,12H,8-10H2,1-2H3;1-5,10-12H,6-8H2;5,7H,3-4H2,1-2H3;1H3;2H,1H3;1H4. The van der Waals surface area contributed by atoms with Crippen LogP contribution in [0.15, 0.2) is 60.7 Å². The molecule has 0 spiro atoms. The van der Waals surface area contributed by atoms with E-state index in [0.29, 0.717) is 32.5 Å². The van der Waals surface area contributed by atoms with E-state index < -0.39 is 17.7 Å². The maximum Gasteiger partial charge on any atom is 0.163 e. The summed E-state index contributed by atoms with van der Waals surface area (Å²) in [7, 11) is 0. The van der Waals surface area contributed by atoms with Crippen LogP contribution in [0, 0.1) is 0 Å². The van der Waals surface area contributed by atoms with Crippen LogP contribution in [0.3, 0.4) is 0 Å². The Balaban J connectivity index is 0. The fourth-order valence-corrected chi connectivity index (χ4v) is 3.52. The van der Waals surface area contributed by atoms with Crippen molar-refractivity contribution >= 4 is 113 Å². The topological polar surface area (TPSA) is 116 Å². The van der Waals surface area contributed by atoms with Gasteiger partial charge in [-0.2, -0.15) is 0 Å². The third-order valence-corrected chi connectivity index (χ3v) is 5.39. The molecule has 0 aromatic heterocycles. The van der Waals surface area contributed by atoms with Crippen LogP contribution in [0.5, 0.6) is 0 Å². The Kier molecular flexibility index (Phi) is 31.5. The number of hydrogen-bond acceptors (Lipinski definition) is 9. The number of ether oxygens (including phenoxy) is 6. The average molecular weight is 1240 g/mol. The van der Waals surface area contributed by atoms with Crippen LogP contribution in [0.4, 0.5) is 0 Å². The van der Waals surface area contributed by atoms with Crippen molar-refractivity contribution in [3.05, 3.63) is 71.8 Å². The Hall–Kier alpha value is 1.73. The smallest absolute Gasteiger partial charge is 0.163 e. The molecule has 0 radical (unpaired) electrons. The second-order valence-electron chi connectivity index (χ2n) is 11.2. The molecule has 2 aromatic rings. The molecule has 3 N–H and O–H groups in total. The predicted octanol–water partition coefficient (Wildman–Crippen LogP) is 8.84. The van der Waals surface area contributed by atoms with E-state index >= 15 is 0 Å². The summed E-state index contributed by atoms with van der Waals surface area (Å²) in [6.45, 7) is 14.6. The van der Waals surface area contributed by atoms with Gasteiger partial charge in [0.05, 0.1) is 54.8 Å². The minimum Gasteiger partial charge on any atom is -0.394 e. The molecular formula is C34H55I5O9. The minimum absolute atomic E-state index is 0. The van der Waals surface area contributed by atoms with Gasteiger partial charge in [-0.1, -0.05) is 181 Å². The second-order valence-corrected chi connectivity index (χ2v) is 30.0. The third kappa shape index (κ3) is 33.6. The first-order valence-electron chi connectivity index (χ1n) is 15.0. The Morgan fingerprint density at radius 2 is 1.17 bits per heavy atom. The van der Waals surface area contributed by atoms with Crippen molar-refractivity contribution in [1.29, 1.82) is 0 Å². The molecule has 4 rings (SSSR count). The molecule has 2 aromatic carbocycles. The summed E-state index contributed by atoms with van der Waals surface area (Å²) < 4.78 is 33.4. The van der Waals surface area contributed by atoms with Crippen LogP contribution in [-0.2, 0) is 41.6 Å². The monoisotopic (exact) mass is 1240 g/mol. The maximum atomic E-state index is 8.96. The lowest BCUT2D eigenvalue weighted by atomic mass is 10.2. The highest BCUT2D eigenvalue weighted by Crippen LogP contribution is 2.33. The van der Waals surface area contributed by atoms with Crippen LogP contribution in [0.1, 0.15) is 60.1 Å².